The fourth-order valence-corrected chi connectivity index (χ4v) is 2.75. The smallest absolute Gasteiger partial charge is 0.423 e. The molecule has 4 rings (SSSR count). The zero-order chi connectivity index (χ0) is 13.7. The van der Waals surface area contributed by atoms with Crippen LogP contribution in [0.4, 0.5) is 0 Å². The number of nitrogens with zero attached hydrogens (tertiary/aromatic N) is 2. The topological polar surface area (TPSA) is 57.8 Å². The second-order valence-electron chi connectivity index (χ2n) is 4.82. The third kappa shape index (κ3) is 1.48. The van der Waals surface area contributed by atoms with Crippen LogP contribution in [-0.4, -0.2) is 26.6 Å². The van der Waals surface area contributed by atoms with Gasteiger partial charge >= 0.3 is 7.12 Å². The molecule has 2 N–H and O–H groups in total. The van der Waals surface area contributed by atoms with Crippen molar-refractivity contribution in [2.45, 2.75) is 0 Å². The number of benzene rings is 2. The number of pyridine rings is 1. The van der Waals surface area contributed by atoms with Crippen molar-refractivity contribution in [3.8, 4) is 0 Å². The van der Waals surface area contributed by atoms with Crippen molar-refractivity contribution >= 4 is 39.9 Å². The Kier molecular flexibility index (Phi) is 2.33. The molecule has 96 valence electrons. The Morgan fingerprint density at radius 1 is 0.950 bits per heavy atom. The molecule has 0 radical (unpaired) electrons. The van der Waals surface area contributed by atoms with Crippen molar-refractivity contribution in [2.75, 3.05) is 0 Å². The number of aromatic nitrogens is 2. The van der Waals surface area contributed by atoms with Gasteiger partial charge in [0, 0.05) is 23.2 Å². The van der Waals surface area contributed by atoms with Crippen molar-refractivity contribution in [2.24, 2.45) is 0 Å². The predicted octanol–water partition coefficient (Wildman–Crippen LogP) is 1.32. The van der Waals surface area contributed by atoms with E-state index in [1.54, 1.807) is 18.3 Å². The van der Waals surface area contributed by atoms with Gasteiger partial charge in [-0.1, -0.05) is 36.4 Å². The van der Waals surface area contributed by atoms with Crippen LogP contribution >= 0.6 is 0 Å². The highest BCUT2D eigenvalue weighted by Crippen LogP contribution is 2.27. The molecule has 0 amide bonds. The summed E-state index contributed by atoms with van der Waals surface area (Å²) in [5, 5.41) is 22.0. The maximum absolute atomic E-state index is 9.35. The van der Waals surface area contributed by atoms with Crippen LogP contribution in [0.15, 0.2) is 54.9 Å². The summed E-state index contributed by atoms with van der Waals surface area (Å²) < 4.78 is 1.98. The van der Waals surface area contributed by atoms with Gasteiger partial charge in [-0.25, -0.2) is 4.98 Å². The van der Waals surface area contributed by atoms with Gasteiger partial charge in [-0.2, -0.15) is 0 Å². The number of imidazole rings is 1. The average molecular weight is 262 g/mol. The van der Waals surface area contributed by atoms with Crippen LogP contribution in [-0.2, 0) is 0 Å². The van der Waals surface area contributed by atoms with E-state index in [0.29, 0.717) is 5.46 Å². The van der Waals surface area contributed by atoms with Gasteiger partial charge in [-0.05, 0) is 16.9 Å². The molecule has 0 spiro atoms. The van der Waals surface area contributed by atoms with E-state index in [1.165, 1.54) is 0 Å². The van der Waals surface area contributed by atoms with Crippen molar-refractivity contribution in [3.05, 3.63) is 54.9 Å². The highest BCUT2D eigenvalue weighted by Gasteiger charge is 2.14. The lowest BCUT2D eigenvalue weighted by atomic mass is 9.80. The van der Waals surface area contributed by atoms with Crippen LogP contribution in [0.5, 0.6) is 0 Å². The Hall–Kier alpha value is -2.37. The maximum Gasteiger partial charge on any atom is 0.488 e. The second kappa shape index (κ2) is 4.06. The zero-order valence-corrected chi connectivity index (χ0v) is 10.6. The van der Waals surface area contributed by atoms with Crippen molar-refractivity contribution in [1.29, 1.82) is 0 Å². The summed E-state index contributed by atoms with van der Waals surface area (Å²) in [5.74, 6) is 0. The zero-order valence-electron chi connectivity index (χ0n) is 10.6. The Labute approximate surface area is 115 Å². The highest BCUT2D eigenvalue weighted by molar-refractivity contribution is 6.59. The summed E-state index contributed by atoms with van der Waals surface area (Å²) in [6.07, 6.45) is 3.64. The minimum atomic E-state index is -1.47. The van der Waals surface area contributed by atoms with Crippen LogP contribution in [0, 0.1) is 0 Å². The molecule has 4 nitrogen and oxygen atoms in total. The van der Waals surface area contributed by atoms with Crippen LogP contribution in [0.1, 0.15) is 0 Å². The SMILES string of the molecule is OB(O)c1ccc2c3ccccc3c3nccn3c2c1. The second-order valence-corrected chi connectivity index (χ2v) is 4.82. The Morgan fingerprint density at radius 2 is 1.75 bits per heavy atom. The standard InChI is InChI=1S/C15H11BN2O2/c19-16(20)10-5-6-12-11-3-1-2-4-13(11)15-17-7-8-18(15)14(12)9-10/h1-9,19-20H. The molecule has 0 atom stereocenters. The Bertz CT molecular complexity index is 946. The Balaban J connectivity index is 2.28. The first-order valence-electron chi connectivity index (χ1n) is 6.39. The molecule has 0 saturated carbocycles. The first-order chi connectivity index (χ1) is 9.75. The van der Waals surface area contributed by atoms with Crippen molar-refractivity contribution < 1.29 is 10.0 Å². The van der Waals surface area contributed by atoms with E-state index in [1.807, 2.05) is 34.9 Å². The van der Waals surface area contributed by atoms with Crippen LogP contribution in [0.2, 0.25) is 0 Å². The molecule has 2 aromatic carbocycles. The van der Waals surface area contributed by atoms with E-state index in [9.17, 15) is 10.0 Å². The summed E-state index contributed by atoms with van der Waals surface area (Å²) in [4.78, 5) is 4.41. The lowest BCUT2D eigenvalue weighted by Crippen LogP contribution is -2.29. The van der Waals surface area contributed by atoms with E-state index in [-0.39, 0.29) is 0 Å². The minimum absolute atomic E-state index is 0.475. The lowest BCUT2D eigenvalue weighted by Gasteiger charge is -2.09. The van der Waals surface area contributed by atoms with E-state index in [2.05, 4.69) is 11.1 Å². The van der Waals surface area contributed by atoms with Crippen LogP contribution in [0.3, 0.4) is 0 Å². The Morgan fingerprint density at radius 3 is 2.55 bits per heavy atom. The molecule has 0 aliphatic heterocycles. The quantitative estimate of drug-likeness (QED) is 0.402. The highest BCUT2D eigenvalue weighted by atomic mass is 16.4. The number of rotatable bonds is 1. The fraction of sp³-hybridized carbons (Fsp3) is 0. The van der Waals surface area contributed by atoms with Gasteiger partial charge in [-0.15, -0.1) is 0 Å². The molecular formula is C15H11BN2O2. The van der Waals surface area contributed by atoms with E-state index in [0.717, 1.165) is 27.3 Å². The molecule has 5 heteroatoms. The molecule has 2 aromatic heterocycles. The summed E-state index contributed by atoms with van der Waals surface area (Å²) in [5.41, 5.74) is 2.27. The minimum Gasteiger partial charge on any atom is -0.423 e. The van der Waals surface area contributed by atoms with Gasteiger partial charge in [0.15, 0.2) is 0 Å². The third-order valence-corrected chi connectivity index (χ3v) is 3.68. The van der Waals surface area contributed by atoms with E-state index in [4.69, 9.17) is 0 Å². The van der Waals surface area contributed by atoms with E-state index >= 15 is 0 Å². The van der Waals surface area contributed by atoms with E-state index < -0.39 is 7.12 Å². The molecule has 0 aliphatic carbocycles. The van der Waals surface area contributed by atoms with Crippen LogP contribution in [0.25, 0.3) is 27.3 Å². The van der Waals surface area contributed by atoms with Gasteiger partial charge in [0.1, 0.15) is 5.65 Å². The fourth-order valence-electron chi connectivity index (χ4n) is 2.75. The normalized spacial score (nSPS) is 11.5. The van der Waals surface area contributed by atoms with Gasteiger partial charge in [0.25, 0.3) is 0 Å². The largest absolute Gasteiger partial charge is 0.488 e. The van der Waals surface area contributed by atoms with Gasteiger partial charge in [0.2, 0.25) is 0 Å². The molecule has 0 unspecified atom stereocenters. The van der Waals surface area contributed by atoms with Crippen LogP contribution < -0.4 is 5.46 Å². The van der Waals surface area contributed by atoms with Gasteiger partial charge in [0.05, 0.1) is 5.52 Å². The molecule has 0 fully saturated rings. The molecular weight excluding hydrogens is 251 g/mol. The molecule has 0 bridgehead atoms. The van der Waals surface area contributed by atoms with Gasteiger partial charge in [-0.3, -0.25) is 4.40 Å². The summed E-state index contributed by atoms with van der Waals surface area (Å²) >= 11 is 0. The summed E-state index contributed by atoms with van der Waals surface area (Å²) in [6, 6.07) is 13.5. The summed E-state index contributed by atoms with van der Waals surface area (Å²) in [6.45, 7) is 0. The maximum atomic E-state index is 9.35. The van der Waals surface area contributed by atoms with Crippen molar-refractivity contribution in [3.63, 3.8) is 0 Å². The lowest BCUT2D eigenvalue weighted by molar-refractivity contribution is 0.426. The predicted molar refractivity (Wildman–Crippen MR) is 80.0 cm³/mol. The molecule has 4 aromatic rings. The average Bonchev–Trinajstić information content (AvgIpc) is 2.96. The molecule has 0 saturated heterocycles. The number of hydrogen-bond acceptors (Lipinski definition) is 3. The first kappa shape index (κ1) is 11.5. The number of fused-ring (bicyclic) bond motifs is 6. The summed E-state index contributed by atoms with van der Waals surface area (Å²) in [7, 11) is -1.47. The molecule has 0 aliphatic rings. The van der Waals surface area contributed by atoms with Crippen molar-refractivity contribution in [1.82, 2.24) is 9.38 Å². The monoisotopic (exact) mass is 262 g/mol. The van der Waals surface area contributed by atoms with Gasteiger partial charge < -0.3 is 10.0 Å². The third-order valence-electron chi connectivity index (χ3n) is 3.68. The molecule has 20 heavy (non-hydrogen) atoms. The molecule has 2 heterocycles. The number of hydrogen-bond donors (Lipinski definition) is 2. The first-order valence-corrected chi connectivity index (χ1v) is 6.39.